The quantitative estimate of drug-likeness (QED) is 0.683. The summed E-state index contributed by atoms with van der Waals surface area (Å²) in [6.45, 7) is 3.82. The van der Waals surface area contributed by atoms with E-state index < -0.39 is 0 Å². The Labute approximate surface area is 110 Å². The molecule has 0 radical (unpaired) electrons. The van der Waals surface area contributed by atoms with Crippen LogP contribution in [0.1, 0.15) is 38.2 Å². The highest BCUT2D eigenvalue weighted by Crippen LogP contribution is 2.28. The zero-order valence-electron chi connectivity index (χ0n) is 11.8. The number of unbranched alkanes of at least 4 members (excludes halogenated alkanes) is 3. The summed E-state index contributed by atoms with van der Waals surface area (Å²) in [5.41, 5.74) is 1.20. The van der Waals surface area contributed by atoms with E-state index in [0.29, 0.717) is 0 Å². The van der Waals surface area contributed by atoms with Crippen LogP contribution in [0.15, 0.2) is 18.2 Å². The molecule has 1 rings (SSSR count). The maximum atomic E-state index is 5.76. The van der Waals surface area contributed by atoms with Gasteiger partial charge < -0.3 is 14.8 Å². The van der Waals surface area contributed by atoms with Crippen molar-refractivity contribution in [3.8, 4) is 11.5 Å². The summed E-state index contributed by atoms with van der Waals surface area (Å²) in [5.74, 6) is 1.66. The van der Waals surface area contributed by atoms with E-state index >= 15 is 0 Å². The summed E-state index contributed by atoms with van der Waals surface area (Å²) in [5, 5.41) is 3.12. The van der Waals surface area contributed by atoms with Gasteiger partial charge in [0.05, 0.1) is 13.7 Å². The third-order valence-electron chi connectivity index (χ3n) is 2.86. The van der Waals surface area contributed by atoms with Gasteiger partial charge in [-0.2, -0.15) is 0 Å². The first kappa shape index (κ1) is 14.8. The van der Waals surface area contributed by atoms with Crippen LogP contribution in [0.3, 0.4) is 0 Å². The van der Waals surface area contributed by atoms with Crippen LogP contribution in [0, 0.1) is 0 Å². The first-order valence-corrected chi connectivity index (χ1v) is 6.76. The molecule has 0 saturated carbocycles. The van der Waals surface area contributed by atoms with Gasteiger partial charge in [0.2, 0.25) is 0 Å². The van der Waals surface area contributed by atoms with Gasteiger partial charge in [-0.1, -0.05) is 32.3 Å². The van der Waals surface area contributed by atoms with Gasteiger partial charge >= 0.3 is 0 Å². The minimum Gasteiger partial charge on any atom is -0.493 e. The van der Waals surface area contributed by atoms with E-state index in [-0.39, 0.29) is 0 Å². The molecule has 0 bridgehead atoms. The minimum atomic E-state index is 0.766. The van der Waals surface area contributed by atoms with Crippen molar-refractivity contribution in [2.75, 3.05) is 20.8 Å². The maximum absolute atomic E-state index is 5.76. The molecule has 0 unspecified atom stereocenters. The van der Waals surface area contributed by atoms with Crippen molar-refractivity contribution in [2.45, 2.75) is 39.2 Å². The van der Waals surface area contributed by atoms with Crippen LogP contribution in [-0.2, 0) is 6.54 Å². The Kier molecular flexibility index (Phi) is 7.26. The average Bonchev–Trinajstić information content (AvgIpc) is 2.40. The number of rotatable bonds is 9. The van der Waals surface area contributed by atoms with Gasteiger partial charge in [-0.15, -0.1) is 0 Å². The molecule has 0 aromatic heterocycles. The molecule has 0 heterocycles. The van der Waals surface area contributed by atoms with Crippen LogP contribution in [0.25, 0.3) is 0 Å². The van der Waals surface area contributed by atoms with E-state index in [1.54, 1.807) is 7.11 Å². The Balaban J connectivity index is 2.48. The Morgan fingerprint density at radius 1 is 1.11 bits per heavy atom. The molecule has 1 aromatic rings. The minimum absolute atomic E-state index is 0.766. The van der Waals surface area contributed by atoms with Gasteiger partial charge in [0.1, 0.15) is 0 Å². The summed E-state index contributed by atoms with van der Waals surface area (Å²) in [6, 6.07) is 6.09. The van der Waals surface area contributed by atoms with Crippen LogP contribution in [0.4, 0.5) is 0 Å². The van der Waals surface area contributed by atoms with Crippen LogP contribution in [0.5, 0.6) is 11.5 Å². The number of ether oxygens (including phenoxy) is 2. The summed E-state index contributed by atoms with van der Waals surface area (Å²) >= 11 is 0. The SMILES string of the molecule is CCCCCCOc1ccc(CNC)cc1OC. The number of benzene rings is 1. The molecule has 1 N–H and O–H groups in total. The third-order valence-corrected chi connectivity index (χ3v) is 2.86. The van der Waals surface area contributed by atoms with Crippen molar-refractivity contribution in [1.29, 1.82) is 0 Å². The van der Waals surface area contributed by atoms with Crippen molar-refractivity contribution in [3.05, 3.63) is 23.8 Å². The van der Waals surface area contributed by atoms with Crippen molar-refractivity contribution in [3.63, 3.8) is 0 Å². The second-order valence-corrected chi connectivity index (χ2v) is 4.42. The van der Waals surface area contributed by atoms with Gasteiger partial charge in [-0.05, 0) is 31.2 Å². The highest BCUT2D eigenvalue weighted by Gasteiger charge is 2.05. The molecule has 0 aliphatic heterocycles. The molecular formula is C15H25NO2. The van der Waals surface area contributed by atoms with E-state index in [9.17, 15) is 0 Å². The van der Waals surface area contributed by atoms with Crippen LogP contribution in [-0.4, -0.2) is 20.8 Å². The van der Waals surface area contributed by atoms with E-state index in [2.05, 4.69) is 18.3 Å². The lowest BCUT2D eigenvalue weighted by molar-refractivity contribution is 0.285. The topological polar surface area (TPSA) is 30.5 Å². The highest BCUT2D eigenvalue weighted by molar-refractivity contribution is 5.42. The van der Waals surface area contributed by atoms with Crippen LogP contribution >= 0.6 is 0 Å². The number of methoxy groups -OCH3 is 1. The van der Waals surface area contributed by atoms with Gasteiger partial charge in [0.25, 0.3) is 0 Å². The Morgan fingerprint density at radius 3 is 2.61 bits per heavy atom. The van der Waals surface area contributed by atoms with E-state index in [1.807, 2.05) is 19.2 Å². The highest BCUT2D eigenvalue weighted by atomic mass is 16.5. The number of hydrogen-bond acceptors (Lipinski definition) is 3. The summed E-state index contributed by atoms with van der Waals surface area (Å²) in [6.07, 6.45) is 4.87. The maximum Gasteiger partial charge on any atom is 0.161 e. The lowest BCUT2D eigenvalue weighted by atomic mass is 10.2. The molecule has 0 spiro atoms. The smallest absolute Gasteiger partial charge is 0.161 e. The summed E-state index contributed by atoms with van der Waals surface area (Å²) in [7, 11) is 3.62. The Morgan fingerprint density at radius 2 is 1.94 bits per heavy atom. The molecular weight excluding hydrogens is 226 g/mol. The number of hydrogen-bond donors (Lipinski definition) is 1. The molecule has 0 aliphatic carbocycles. The van der Waals surface area contributed by atoms with Gasteiger partial charge in [0, 0.05) is 6.54 Å². The second-order valence-electron chi connectivity index (χ2n) is 4.42. The zero-order chi connectivity index (χ0) is 13.2. The van der Waals surface area contributed by atoms with Gasteiger partial charge in [-0.3, -0.25) is 0 Å². The van der Waals surface area contributed by atoms with Crippen molar-refractivity contribution in [2.24, 2.45) is 0 Å². The lowest BCUT2D eigenvalue weighted by Crippen LogP contribution is -2.06. The molecule has 0 atom stereocenters. The van der Waals surface area contributed by atoms with E-state index in [1.165, 1.54) is 24.8 Å². The lowest BCUT2D eigenvalue weighted by Gasteiger charge is -2.12. The molecule has 0 fully saturated rings. The molecule has 0 saturated heterocycles. The Hall–Kier alpha value is -1.22. The zero-order valence-corrected chi connectivity index (χ0v) is 11.8. The number of nitrogens with one attached hydrogen (secondary N) is 1. The first-order valence-electron chi connectivity index (χ1n) is 6.76. The van der Waals surface area contributed by atoms with Crippen molar-refractivity contribution >= 4 is 0 Å². The average molecular weight is 251 g/mol. The fourth-order valence-electron chi connectivity index (χ4n) is 1.86. The molecule has 0 amide bonds. The van der Waals surface area contributed by atoms with Gasteiger partial charge in [-0.25, -0.2) is 0 Å². The van der Waals surface area contributed by atoms with Gasteiger partial charge in [0.15, 0.2) is 11.5 Å². The standard InChI is InChI=1S/C15H25NO2/c1-4-5-6-7-10-18-14-9-8-13(12-16-2)11-15(14)17-3/h8-9,11,16H,4-7,10,12H2,1-3H3. The van der Waals surface area contributed by atoms with Crippen LogP contribution < -0.4 is 14.8 Å². The fraction of sp³-hybridized carbons (Fsp3) is 0.600. The molecule has 1 aromatic carbocycles. The van der Waals surface area contributed by atoms with Crippen molar-refractivity contribution < 1.29 is 9.47 Å². The Bertz CT molecular complexity index is 339. The summed E-state index contributed by atoms with van der Waals surface area (Å²) in [4.78, 5) is 0. The monoisotopic (exact) mass is 251 g/mol. The molecule has 3 nitrogen and oxygen atoms in total. The molecule has 102 valence electrons. The van der Waals surface area contributed by atoms with Crippen LogP contribution in [0.2, 0.25) is 0 Å². The normalized spacial score (nSPS) is 10.4. The molecule has 3 heteroatoms. The molecule has 18 heavy (non-hydrogen) atoms. The van der Waals surface area contributed by atoms with E-state index in [4.69, 9.17) is 9.47 Å². The van der Waals surface area contributed by atoms with E-state index in [0.717, 1.165) is 31.1 Å². The third kappa shape index (κ3) is 4.96. The van der Waals surface area contributed by atoms with Crippen molar-refractivity contribution in [1.82, 2.24) is 5.32 Å². The predicted octanol–water partition coefficient (Wildman–Crippen LogP) is 3.37. The fourth-order valence-corrected chi connectivity index (χ4v) is 1.86. The molecule has 0 aliphatic rings. The first-order chi connectivity index (χ1) is 8.81. The summed E-state index contributed by atoms with van der Waals surface area (Å²) < 4.78 is 11.1. The second kappa shape index (κ2) is 8.81. The largest absolute Gasteiger partial charge is 0.493 e. The predicted molar refractivity (Wildman–Crippen MR) is 75.4 cm³/mol.